The molecule has 66 valence electrons. The van der Waals surface area contributed by atoms with Gasteiger partial charge in [-0.15, -0.1) is 22.7 Å². The Hall–Kier alpha value is -1.20. The molecule has 0 radical (unpaired) electrons. The first-order valence-corrected chi connectivity index (χ1v) is 5.18. The van der Waals surface area contributed by atoms with Gasteiger partial charge in [-0.25, -0.2) is 0 Å². The Bertz CT molecular complexity index is 483. The number of carbonyl (C=O) groups is 2. The van der Waals surface area contributed by atoms with Gasteiger partial charge in [0.2, 0.25) is 5.91 Å². The number of carbonyl (C=O) groups excluding carboxylic acids is 2. The number of hydrogen-bond acceptors (Lipinski definition) is 4. The van der Waals surface area contributed by atoms with E-state index in [2.05, 4.69) is 0 Å². The van der Waals surface area contributed by atoms with Crippen molar-refractivity contribution in [3.8, 4) is 0 Å². The van der Waals surface area contributed by atoms with Gasteiger partial charge in [0.05, 0.1) is 14.5 Å². The summed E-state index contributed by atoms with van der Waals surface area (Å²) >= 11 is 2.82. The zero-order chi connectivity index (χ0) is 9.42. The average Bonchev–Trinajstić information content (AvgIpc) is 2.59. The van der Waals surface area contributed by atoms with E-state index in [1.807, 2.05) is 0 Å². The van der Waals surface area contributed by atoms with Crippen molar-refractivity contribution in [1.82, 2.24) is 0 Å². The number of rotatable bonds is 2. The Kier molecular flexibility index (Phi) is 1.90. The van der Waals surface area contributed by atoms with Gasteiger partial charge in [-0.1, -0.05) is 0 Å². The molecule has 5 heteroatoms. The molecule has 3 nitrogen and oxygen atoms in total. The fourth-order valence-electron chi connectivity index (χ4n) is 1.09. The van der Waals surface area contributed by atoms with Gasteiger partial charge >= 0.3 is 0 Å². The summed E-state index contributed by atoms with van der Waals surface area (Å²) in [5.74, 6) is -0.443. The van der Waals surface area contributed by atoms with Gasteiger partial charge in [0.25, 0.3) is 0 Å². The highest BCUT2D eigenvalue weighted by molar-refractivity contribution is 7.38. The molecule has 1 amide bonds. The minimum atomic E-state index is -0.443. The van der Waals surface area contributed by atoms with E-state index in [0.717, 1.165) is 15.7 Å². The maximum absolute atomic E-state index is 10.9. The van der Waals surface area contributed by atoms with Crippen LogP contribution in [0.5, 0.6) is 0 Å². The lowest BCUT2D eigenvalue weighted by atomic mass is 10.2. The van der Waals surface area contributed by atoms with Crippen LogP contribution in [0.3, 0.4) is 0 Å². The van der Waals surface area contributed by atoms with Gasteiger partial charge in [0, 0.05) is 10.8 Å². The fraction of sp³-hybridized carbons (Fsp3) is 0. The summed E-state index contributed by atoms with van der Waals surface area (Å²) in [6.45, 7) is 0. The van der Waals surface area contributed by atoms with Crippen molar-refractivity contribution in [3.63, 3.8) is 0 Å². The van der Waals surface area contributed by atoms with Crippen LogP contribution < -0.4 is 5.73 Å². The van der Waals surface area contributed by atoms with Crippen molar-refractivity contribution in [3.05, 3.63) is 21.9 Å². The quantitative estimate of drug-likeness (QED) is 0.771. The van der Waals surface area contributed by atoms with Crippen LogP contribution in [0, 0.1) is 0 Å². The normalized spacial score (nSPS) is 10.5. The summed E-state index contributed by atoms with van der Waals surface area (Å²) < 4.78 is 0.968. The Morgan fingerprint density at radius 1 is 1.54 bits per heavy atom. The van der Waals surface area contributed by atoms with E-state index >= 15 is 0 Å². The van der Waals surface area contributed by atoms with Gasteiger partial charge in [0.1, 0.15) is 0 Å². The van der Waals surface area contributed by atoms with Crippen molar-refractivity contribution < 1.29 is 9.59 Å². The molecule has 0 saturated carbocycles. The van der Waals surface area contributed by atoms with Crippen molar-refractivity contribution in [1.29, 1.82) is 0 Å². The first kappa shape index (κ1) is 8.40. The van der Waals surface area contributed by atoms with Gasteiger partial charge in [-0.3, -0.25) is 9.59 Å². The molecule has 2 N–H and O–H groups in total. The summed E-state index contributed by atoms with van der Waals surface area (Å²) in [5.41, 5.74) is 5.66. The molecule has 0 aliphatic rings. The number of amides is 1. The number of fused-ring (bicyclic) bond motifs is 1. The molecule has 0 aliphatic carbocycles. The molecule has 2 rings (SSSR count). The van der Waals surface area contributed by atoms with Crippen LogP contribution in [0.2, 0.25) is 0 Å². The summed E-state index contributed by atoms with van der Waals surface area (Å²) in [4.78, 5) is 22.0. The van der Waals surface area contributed by atoms with Crippen LogP contribution in [-0.4, -0.2) is 12.2 Å². The third-order valence-electron chi connectivity index (χ3n) is 1.67. The number of aldehydes is 1. The van der Waals surface area contributed by atoms with Crippen molar-refractivity contribution in [2.75, 3.05) is 0 Å². The molecule has 0 aromatic carbocycles. The topological polar surface area (TPSA) is 60.2 Å². The molecular formula is C8H5NO2S2. The summed E-state index contributed by atoms with van der Waals surface area (Å²) in [5, 5.41) is 2.52. The molecule has 0 unspecified atom stereocenters. The maximum Gasteiger partial charge on any atom is 0.250 e. The minimum absolute atomic E-state index is 0.443. The number of nitrogens with two attached hydrogens (primary N) is 1. The van der Waals surface area contributed by atoms with Crippen LogP contribution in [0.4, 0.5) is 0 Å². The summed E-state index contributed by atoms with van der Waals surface area (Å²) in [6, 6.07) is 1.70. The van der Waals surface area contributed by atoms with Gasteiger partial charge in [-0.2, -0.15) is 0 Å². The molecule has 0 fully saturated rings. The van der Waals surface area contributed by atoms with E-state index in [1.54, 1.807) is 11.4 Å². The minimum Gasteiger partial charge on any atom is -0.366 e. The van der Waals surface area contributed by atoms with Gasteiger partial charge in [0.15, 0.2) is 6.29 Å². The zero-order valence-electron chi connectivity index (χ0n) is 6.44. The molecule has 2 aromatic rings. The number of primary amides is 1. The smallest absolute Gasteiger partial charge is 0.250 e. The van der Waals surface area contributed by atoms with E-state index in [1.165, 1.54) is 22.7 Å². The maximum atomic E-state index is 10.9. The lowest BCUT2D eigenvalue weighted by molar-refractivity contribution is 0.100. The summed E-state index contributed by atoms with van der Waals surface area (Å²) in [7, 11) is 0. The van der Waals surface area contributed by atoms with Gasteiger partial charge < -0.3 is 5.73 Å². The molecule has 0 aliphatic heterocycles. The molecule has 0 saturated heterocycles. The highest BCUT2D eigenvalue weighted by Crippen LogP contribution is 2.32. The van der Waals surface area contributed by atoms with Crippen LogP contribution in [0.25, 0.3) is 9.40 Å². The van der Waals surface area contributed by atoms with E-state index in [4.69, 9.17) is 5.73 Å². The molecule has 0 spiro atoms. The van der Waals surface area contributed by atoms with Crippen molar-refractivity contribution in [2.24, 2.45) is 5.73 Å². The molecule has 13 heavy (non-hydrogen) atoms. The SMILES string of the molecule is NC(=O)c1csc2sc(C=O)cc12. The Morgan fingerprint density at radius 2 is 2.31 bits per heavy atom. The third kappa shape index (κ3) is 1.26. The van der Waals surface area contributed by atoms with Crippen molar-refractivity contribution >= 4 is 44.3 Å². The Balaban J connectivity index is 2.71. The first-order chi connectivity index (χ1) is 6.22. The Labute approximate surface area is 81.8 Å². The molecule has 0 atom stereocenters. The van der Waals surface area contributed by atoms with Crippen LogP contribution in [0.1, 0.15) is 20.0 Å². The number of thiophene rings is 2. The standard InChI is InChI=1S/C8H5NO2S2/c9-7(11)6-3-12-8-5(6)1-4(2-10)13-8/h1-3H,(H2,9,11). The molecule has 0 bridgehead atoms. The van der Waals surface area contributed by atoms with Crippen LogP contribution in [0.15, 0.2) is 11.4 Å². The zero-order valence-corrected chi connectivity index (χ0v) is 8.08. The van der Waals surface area contributed by atoms with Crippen LogP contribution in [-0.2, 0) is 0 Å². The van der Waals surface area contributed by atoms with E-state index < -0.39 is 5.91 Å². The van der Waals surface area contributed by atoms with E-state index in [-0.39, 0.29) is 0 Å². The second-order valence-electron chi connectivity index (χ2n) is 2.48. The highest BCUT2D eigenvalue weighted by Gasteiger charge is 2.11. The van der Waals surface area contributed by atoms with E-state index in [9.17, 15) is 9.59 Å². The Morgan fingerprint density at radius 3 is 2.92 bits per heavy atom. The lowest BCUT2D eigenvalue weighted by Crippen LogP contribution is -2.09. The summed E-state index contributed by atoms with van der Waals surface area (Å²) in [6.07, 6.45) is 0.780. The van der Waals surface area contributed by atoms with Crippen molar-refractivity contribution in [2.45, 2.75) is 0 Å². The average molecular weight is 211 g/mol. The first-order valence-electron chi connectivity index (χ1n) is 3.48. The number of hydrogen-bond donors (Lipinski definition) is 1. The van der Waals surface area contributed by atoms with Gasteiger partial charge in [-0.05, 0) is 6.07 Å². The molecule has 2 heterocycles. The largest absolute Gasteiger partial charge is 0.366 e. The fourth-order valence-corrected chi connectivity index (χ4v) is 3.20. The third-order valence-corrected chi connectivity index (χ3v) is 3.85. The van der Waals surface area contributed by atoms with Crippen LogP contribution >= 0.6 is 22.7 Å². The molecule has 2 aromatic heterocycles. The highest BCUT2D eigenvalue weighted by atomic mass is 32.2. The lowest BCUT2D eigenvalue weighted by Gasteiger charge is -1.85. The predicted molar refractivity (Wildman–Crippen MR) is 53.6 cm³/mol. The second-order valence-corrected chi connectivity index (χ2v) is 4.70. The monoisotopic (exact) mass is 211 g/mol. The second kappa shape index (κ2) is 2.93. The molecular weight excluding hydrogens is 206 g/mol. The predicted octanol–water partition coefficient (Wildman–Crippen LogP) is 1.87. The van der Waals surface area contributed by atoms with E-state index in [0.29, 0.717) is 10.4 Å².